The van der Waals surface area contributed by atoms with Crippen molar-refractivity contribution in [3.8, 4) is 11.3 Å². The Bertz CT molecular complexity index is 898. The minimum atomic E-state index is 0. The van der Waals surface area contributed by atoms with Crippen LogP contribution in [0, 0.1) is 0 Å². The Morgan fingerprint density at radius 2 is 1.89 bits per heavy atom. The van der Waals surface area contributed by atoms with Crippen molar-refractivity contribution in [2.24, 2.45) is 0 Å². The summed E-state index contributed by atoms with van der Waals surface area (Å²) in [5.74, 6) is 0. The normalized spacial score (nSPS) is 17.6. The van der Waals surface area contributed by atoms with E-state index in [0.29, 0.717) is 6.04 Å². The van der Waals surface area contributed by atoms with Crippen molar-refractivity contribution in [1.82, 2.24) is 10.0 Å². The van der Waals surface area contributed by atoms with E-state index >= 15 is 0 Å². The van der Waals surface area contributed by atoms with E-state index in [0.717, 1.165) is 34.8 Å². The number of piperidine rings is 1. The molecule has 1 aliphatic heterocycles. The Balaban J connectivity index is 0.00000210. The van der Waals surface area contributed by atoms with E-state index in [2.05, 4.69) is 29.3 Å². The first-order valence-corrected chi connectivity index (χ1v) is 9.58. The summed E-state index contributed by atoms with van der Waals surface area (Å²) in [6, 6.07) is 18.9. The molecule has 1 unspecified atom stereocenters. The summed E-state index contributed by atoms with van der Waals surface area (Å²) in [5, 5.41) is 4.11. The van der Waals surface area contributed by atoms with Crippen LogP contribution < -0.4 is 0 Å². The van der Waals surface area contributed by atoms with Crippen molar-refractivity contribution < 1.29 is 4.84 Å². The summed E-state index contributed by atoms with van der Waals surface area (Å²) >= 11 is 6.05. The number of hydrogen-bond acceptors (Lipinski definition) is 3. The molecule has 2 aromatic carbocycles. The Labute approximate surface area is 171 Å². The maximum Gasteiger partial charge on any atom is 0.0712 e. The molecule has 1 aromatic heterocycles. The van der Waals surface area contributed by atoms with Crippen LogP contribution >= 0.6 is 24.0 Å². The molecule has 0 spiro atoms. The smallest absolute Gasteiger partial charge is 0.0712 e. The lowest BCUT2D eigenvalue weighted by Crippen LogP contribution is -2.40. The third kappa shape index (κ3) is 4.44. The molecule has 3 aromatic rings. The van der Waals surface area contributed by atoms with Gasteiger partial charge in [-0.05, 0) is 49.1 Å². The van der Waals surface area contributed by atoms with Gasteiger partial charge in [-0.15, -0.1) is 12.4 Å². The van der Waals surface area contributed by atoms with Gasteiger partial charge in [0.1, 0.15) is 0 Å². The topological polar surface area (TPSA) is 25.4 Å². The highest BCUT2D eigenvalue weighted by Crippen LogP contribution is 2.29. The van der Waals surface area contributed by atoms with Crippen molar-refractivity contribution in [2.45, 2.75) is 31.7 Å². The van der Waals surface area contributed by atoms with Gasteiger partial charge in [-0.3, -0.25) is 0 Å². The van der Waals surface area contributed by atoms with Crippen LogP contribution in [0.5, 0.6) is 0 Å². The van der Waals surface area contributed by atoms with Gasteiger partial charge in [0, 0.05) is 28.6 Å². The lowest BCUT2D eigenvalue weighted by molar-refractivity contribution is -0.173. The van der Waals surface area contributed by atoms with Gasteiger partial charge in [-0.1, -0.05) is 48.4 Å². The minimum absolute atomic E-state index is 0. The molecule has 5 heteroatoms. The summed E-state index contributed by atoms with van der Waals surface area (Å²) in [6.07, 6.45) is 4.60. The molecular formula is C22H24Cl2N2O. The number of benzene rings is 2. The van der Waals surface area contributed by atoms with Crippen LogP contribution in [0.3, 0.4) is 0 Å². The molecule has 0 amide bonds. The zero-order valence-electron chi connectivity index (χ0n) is 15.4. The highest BCUT2D eigenvalue weighted by molar-refractivity contribution is 6.30. The molecule has 0 bridgehead atoms. The van der Waals surface area contributed by atoms with Gasteiger partial charge in [0.2, 0.25) is 0 Å². The lowest BCUT2D eigenvalue weighted by Gasteiger charge is -2.33. The monoisotopic (exact) mass is 402 g/mol. The number of rotatable bonds is 4. The number of nitrogens with zero attached hydrogens (tertiary/aromatic N) is 2. The van der Waals surface area contributed by atoms with Gasteiger partial charge >= 0.3 is 0 Å². The van der Waals surface area contributed by atoms with Gasteiger partial charge in [-0.25, -0.2) is 4.98 Å². The van der Waals surface area contributed by atoms with E-state index < -0.39 is 0 Å². The molecule has 0 aliphatic carbocycles. The number of halogens is 2. The van der Waals surface area contributed by atoms with Crippen molar-refractivity contribution in [2.75, 3.05) is 13.7 Å². The number of fused-ring (bicyclic) bond motifs is 1. The van der Waals surface area contributed by atoms with Crippen molar-refractivity contribution in [3.63, 3.8) is 0 Å². The third-order valence-electron chi connectivity index (χ3n) is 5.21. The standard InChI is InChI=1S/C22H23ClN2O.ClH/c1-26-25-13-5-4-6-19(25)14-17-15-22(16-9-11-18(23)12-10-16)24-21-8-3-2-7-20(17)21;/h2-3,7-12,15,19H,4-6,13-14H2,1H3;1H. The molecule has 142 valence electrons. The fourth-order valence-corrected chi connectivity index (χ4v) is 3.98. The van der Waals surface area contributed by atoms with Crippen LogP contribution in [-0.4, -0.2) is 29.7 Å². The molecule has 0 N–H and O–H groups in total. The summed E-state index contributed by atoms with van der Waals surface area (Å²) in [6.45, 7) is 1.01. The Kier molecular flexibility index (Phi) is 6.72. The van der Waals surface area contributed by atoms with Crippen molar-refractivity contribution >= 4 is 34.9 Å². The van der Waals surface area contributed by atoms with Crippen LogP contribution in [0.15, 0.2) is 54.6 Å². The minimum Gasteiger partial charge on any atom is -0.302 e. The molecule has 1 atom stereocenters. The average Bonchev–Trinajstić information content (AvgIpc) is 2.69. The molecule has 1 aliphatic rings. The number of aromatic nitrogens is 1. The van der Waals surface area contributed by atoms with Crippen LogP contribution in [0.2, 0.25) is 5.02 Å². The number of hydroxylamine groups is 2. The fourth-order valence-electron chi connectivity index (χ4n) is 3.86. The molecule has 0 radical (unpaired) electrons. The van der Waals surface area contributed by atoms with Crippen LogP contribution in [0.25, 0.3) is 22.2 Å². The Morgan fingerprint density at radius 1 is 1.11 bits per heavy atom. The third-order valence-corrected chi connectivity index (χ3v) is 5.46. The van der Waals surface area contributed by atoms with E-state index in [1.165, 1.54) is 30.2 Å². The summed E-state index contributed by atoms with van der Waals surface area (Å²) in [7, 11) is 1.78. The van der Waals surface area contributed by atoms with Crippen LogP contribution in [0.1, 0.15) is 24.8 Å². The summed E-state index contributed by atoms with van der Waals surface area (Å²) in [4.78, 5) is 10.5. The fraction of sp³-hybridized carbons (Fsp3) is 0.318. The molecule has 3 nitrogen and oxygen atoms in total. The lowest BCUT2D eigenvalue weighted by atomic mass is 9.94. The van der Waals surface area contributed by atoms with Crippen molar-refractivity contribution in [3.05, 3.63) is 65.2 Å². The summed E-state index contributed by atoms with van der Waals surface area (Å²) in [5.41, 5.74) is 4.45. The first-order valence-electron chi connectivity index (χ1n) is 9.20. The second-order valence-corrected chi connectivity index (χ2v) is 7.30. The maximum absolute atomic E-state index is 6.05. The summed E-state index contributed by atoms with van der Waals surface area (Å²) < 4.78 is 0. The van der Waals surface area contributed by atoms with Gasteiger partial charge < -0.3 is 4.84 Å². The Morgan fingerprint density at radius 3 is 2.67 bits per heavy atom. The molecule has 1 saturated heterocycles. The van der Waals surface area contributed by atoms with E-state index in [-0.39, 0.29) is 12.4 Å². The van der Waals surface area contributed by atoms with Gasteiger partial charge in [0.25, 0.3) is 0 Å². The number of para-hydroxylation sites is 1. The SMILES string of the molecule is CON1CCCCC1Cc1cc(-c2ccc(Cl)cc2)nc2ccccc12.Cl. The van der Waals surface area contributed by atoms with Crippen LogP contribution in [0.4, 0.5) is 0 Å². The second kappa shape index (κ2) is 9.03. The molecule has 0 saturated carbocycles. The number of hydrogen-bond donors (Lipinski definition) is 0. The van der Waals surface area contributed by atoms with Crippen LogP contribution in [-0.2, 0) is 11.3 Å². The van der Waals surface area contributed by atoms with E-state index in [4.69, 9.17) is 21.4 Å². The maximum atomic E-state index is 6.05. The second-order valence-electron chi connectivity index (χ2n) is 6.87. The van der Waals surface area contributed by atoms with E-state index in [1.807, 2.05) is 30.3 Å². The molecule has 1 fully saturated rings. The quantitative estimate of drug-likeness (QED) is 0.540. The van der Waals surface area contributed by atoms with Crippen molar-refractivity contribution in [1.29, 1.82) is 0 Å². The van der Waals surface area contributed by atoms with E-state index in [1.54, 1.807) is 7.11 Å². The highest BCUT2D eigenvalue weighted by Gasteiger charge is 2.23. The van der Waals surface area contributed by atoms with Gasteiger partial charge in [-0.2, -0.15) is 5.06 Å². The largest absolute Gasteiger partial charge is 0.302 e. The highest BCUT2D eigenvalue weighted by atomic mass is 35.5. The Hall–Kier alpha value is -1.65. The molecular weight excluding hydrogens is 379 g/mol. The molecule has 27 heavy (non-hydrogen) atoms. The first-order chi connectivity index (χ1) is 12.7. The number of pyridine rings is 1. The van der Waals surface area contributed by atoms with Gasteiger partial charge in [0.15, 0.2) is 0 Å². The van der Waals surface area contributed by atoms with E-state index in [9.17, 15) is 0 Å². The zero-order valence-corrected chi connectivity index (χ0v) is 17.0. The molecule has 4 rings (SSSR count). The molecule has 2 heterocycles. The first kappa shape index (κ1) is 20.1. The predicted molar refractivity (Wildman–Crippen MR) is 114 cm³/mol. The van der Waals surface area contributed by atoms with Gasteiger partial charge in [0.05, 0.1) is 18.3 Å². The average molecular weight is 403 g/mol. The zero-order chi connectivity index (χ0) is 17.9. The predicted octanol–water partition coefficient (Wildman–Crippen LogP) is 5.94.